The largest absolute Gasteiger partial charge is 0.497 e. The highest BCUT2D eigenvalue weighted by Gasteiger charge is 2.25. The number of methoxy groups -OCH3 is 1. The molecule has 1 aromatic carbocycles. The van der Waals surface area contributed by atoms with E-state index in [1.165, 1.54) is 4.31 Å². The van der Waals surface area contributed by atoms with Crippen molar-refractivity contribution in [2.75, 3.05) is 14.2 Å². The standard InChI is InChI=1S/C16H20N2O3S/c1-12-9-15(21-4)10-13(2)16(12)22(19,20)18(3)11-14-5-7-17-8-6-14/h5-10H,11H2,1-4H3. The zero-order valence-electron chi connectivity index (χ0n) is 13.2. The third-order valence-corrected chi connectivity index (χ3v) is 5.60. The van der Waals surface area contributed by atoms with E-state index in [1.54, 1.807) is 64.7 Å². The number of ether oxygens (including phenoxy) is 1. The van der Waals surface area contributed by atoms with Crippen LogP contribution in [-0.2, 0) is 16.6 Å². The van der Waals surface area contributed by atoms with Crippen LogP contribution in [0, 0.1) is 13.8 Å². The summed E-state index contributed by atoms with van der Waals surface area (Å²) >= 11 is 0. The van der Waals surface area contributed by atoms with E-state index in [4.69, 9.17) is 4.74 Å². The Morgan fingerprint density at radius 2 is 1.68 bits per heavy atom. The molecule has 0 atom stereocenters. The molecular formula is C16H20N2O3S. The van der Waals surface area contributed by atoms with Crippen LogP contribution < -0.4 is 4.74 Å². The Bertz CT molecular complexity index is 735. The lowest BCUT2D eigenvalue weighted by Crippen LogP contribution is -2.27. The van der Waals surface area contributed by atoms with Crippen LogP contribution >= 0.6 is 0 Å². The smallest absolute Gasteiger partial charge is 0.243 e. The Balaban J connectivity index is 2.38. The van der Waals surface area contributed by atoms with Gasteiger partial charge < -0.3 is 4.74 Å². The second-order valence-electron chi connectivity index (χ2n) is 5.21. The summed E-state index contributed by atoms with van der Waals surface area (Å²) in [5, 5.41) is 0. The fourth-order valence-electron chi connectivity index (χ4n) is 2.42. The number of hydrogen-bond donors (Lipinski definition) is 0. The fraction of sp³-hybridized carbons (Fsp3) is 0.312. The summed E-state index contributed by atoms with van der Waals surface area (Å²) in [5.74, 6) is 0.658. The summed E-state index contributed by atoms with van der Waals surface area (Å²) in [5.41, 5.74) is 2.25. The summed E-state index contributed by atoms with van der Waals surface area (Å²) in [6.45, 7) is 3.86. The number of aromatic nitrogens is 1. The molecule has 0 unspecified atom stereocenters. The van der Waals surface area contributed by atoms with Crippen molar-refractivity contribution in [3.05, 3.63) is 53.3 Å². The normalized spacial score (nSPS) is 11.7. The van der Waals surface area contributed by atoms with E-state index < -0.39 is 10.0 Å². The zero-order chi connectivity index (χ0) is 16.3. The van der Waals surface area contributed by atoms with Crippen molar-refractivity contribution >= 4 is 10.0 Å². The molecule has 0 aliphatic heterocycles. The van der Waals surface area contributed by atoms with Gasteiger partial charge >= 0.3 is 0 Å². The molecular weight excluding hydrogens is 300 g/mol. The Hall–Kier alpha value is -1.92. The maximum absolute atomic E-state index is 12.8. The lowest BCUT2D eigenvalue weighted by molar-refractivity contribution is 0.413. The predicted octanol–water partition coefficient (Wildman–Crippen LogP) is 2.53. The predicted molar refractivity (Wildman–Crippen MR) is 85.4 cm³/mol. The zero-order valence-corrected chi connectivity index (χ0v) is 14.0. The van der Waals surface area contributed by atoms with Crippen LogP contribution in [0.5, 0.6) is 5.75 Å². The van der Waals surface area contributed by atoms with Crippen molar-refractivity contribution in [1.29, 1.82) is 0 Å². The SMILES string of the molecule is COc1cc(C)c(S(=O)(=O)N(C)Cc2ccncc2)c(C)c1. The van der Waals surface area contributed by atoms with Crippen LogP contribution in [0.3, 0.4) is 0 Å². The van der Waals surface area contributed by atoms with Gasteiger partial charge in [0, 0.05) is 26.0 Å². The number of pyridine rings is 1. The molecule has 2 rings (SSSR count). The lowest BCUT2D eigenvalue weighted by atomic mass is 10.1. The van der Waals surface area contributed by atoms with Crippen molar-refractivity contribution in [3.63, 3.8) is 0 Å². The van der Waals surface area contributed by atoms with Crippen molar-refractivity contribution in [2.24, 2.45) is 0 Å². The number of hydrogen-bond acceptors (Lipinski definition) is 4. The van der Waals surface area contributed by atoms with Crippen molar-refractivity contribution in [3.8, 4) is 5.75 Å². The highest BCUT2D eigenvalue weighted by atomic mass is 32.2. The molecule has 118 valence electrons. The van der Waals surface area contributed by atoms with Crippen molar-refractivity contribution < 1.29 is 13.2 Å². The average molecular weight is 320 g/mol. The minimum atomic E-state index is -3.57. The average Bonchev–Trinajstić information content (AvgIpc) is 2.47. The maximum Gasteiger partial charge on any atom is 0.243 e. The molecule has 0 N–H and O–H groups in total. The number of rotatable bonds is 5. The molecule has 0 saturated heterocycles. The van der Waals surface area contributed by atoms with E-state index in [0.29, 0.717) is 28.3 Å². The number of aryl methyl sites for hydroxylation is 2. The summed E-state index contributed by atoms with van der Waals surface area (Å²) < 4.78 is 32.2. The van der Waals surface area contributed by atoms with E-state index >= 15 is 0 Å². The van der Waals surface area contributed by atoms with Crippen molar-refractivity contribution in [2.45, 2.75) is 25.3 Å². The van der Waals surface area contributed by atoms with Gasteiger partial charge in [-0.2, -0.15) is 4.31 Å². The van der Waals surface area contributed by atoms with Gasteiger partial charge in [-0.15, -0.1) is 0 Å². The van der Waals surface area contributed by atoms with Crippen LogP contribution in [0.1, 0.15) is 16.7 Å². The Labute approximate surface area is 131 Å². The van der Waals surface area contributed by atoms with E-state index in [1.807, 2.05) is 0 Å². The summed E-state index contributed by atoms with van der Waals surface area (Å²) in [4.78, 5) is 4.28. The van der Waals surface area contributed by atoms with Gasteiger partial charge in [-0.1, -0.05) is 0 Å². The van der Waals surface area contributed by atoms with E-state index in [-0.39, 0.29) is 0 Å². The quantitative estimate of drug-likeness (QED) is 0.849. The monoisotopic (exact) mass is 320 g/mol. The van der Waals surface area contributed by atoms with Crippen molar-refractivity contribution in [1.82, 2.24) is 9.29 Å². The molecule has 0 aliphatic rings. The molecule has 0 aliphatic carbocycles. The second-order valence-corrected chi connectivity index (χ2v) is 7.19. The fourth-order valence-corrected chi connectivity index (χ4v) is 3.98. The van der Waals surface area contributed by atoms with Crippen LogP contribution in [0.2, 0.25) is 0 Å². The first-order chi connectivity index (χ1) is 10.4. The highest BCUT2D eigenvalue weighted by Crippen LogP contribution is 2.28. The van der Waals surface area contributed by atoms with Gasteiger partial charge in [0.25, 0.3) is 0 Å². The number of benzene rings is 1. The van der Waals surface area contributed by atoms with Crippen LogP contribution in [0.15, 0.2) is 41.6 Å². The molecule has 0 radical (unpaired) electrons. The third kappa shape index (κ3) is 3.28. The van der Waals surface area contributed by atoms with E-state index in [0.717, 1.165) is 5.56 Å². The van der Waals surface area contributed by atoms with Gasteiger partial charge in [-0.25, -0.2) is 8.42 Å². The van der Waals surface area contributed by atoms with Crippen LogP contribution in [0.25, 0.3) is 0 Å². The minimum Gasteiger partial charge on any atom is -0.497 e. The van der Waals surface area contributed by atoms with Crippen LogP contribution in [-0.4, -0.2) is 31.9 Å². The minimum absolute atomic E-state index is 0.301. The Morgan fingerprint density at radius 3 is 2.18 bits per heavy atom. The van der Waals surface area contributed by atoms with Gasteiger partial charge in [-0.3, -0.25) is 4.98 Å². The molecule has 2 aromatic rings. The van der Waals surface area contributed by atoms with E-state index in [2.05, 4.69) is 4.98 Å². The first-order valence-electron chi connectivity index (χ1n) is 6.86. The molecule has 0 bridgehead atoms. The summed E-state index contributed by atoms with van der Waals surface area (Å²) in [6.07, 6.45) is 3.30. The lowest BCUT2D eigenvalue weighted by Gasteiger charge is -2.20. The number of nitrogens with zero attached hydrogens (tertiary/aromatic N) is 2. The molecule has 22 heavy (non-hydrogen) atoms. The molecule has 1 heterocycles. The third-order valence-electron chi connectivity index (χ3n) is 3.49. The highest BCUT2D eigenvalue weighted by molar-refractivity contribution is 7.89. The topological polar surface area (TPSA) is 59.5 Å². The summed E-state index contributed by atoms with van der Waals surface area (Å²) in [7, 11) is -0.417. The van der Waals surface area contributed by atoms with Gasteiger partial charge in [0.2, 0.25) is 10.0 Å². The number of sulfonamides is 1. The van der Waals surface area contributed by atoms with Gasteiger partial charge in [0.15, 0.2) is 0 Å². The molecule has 5 nitrogen and oxygen atoms in total. The Kier molecular flexibility index (Phi) is 4.83. The summed E-state index contributed by atoms with van der Waals surface area (Å²) in [6, 6.07) is 7.08. The molecule has 0 spiro atoms. The second kappa shape index (κ2) is 6.46. The maximum atomic E-state index is 12.8. The molecule has 1 aromatic heterocycles. The molecule has 0 fully saturated rings. The van der Waals surface area contributed by atoms with Gasteiger partial charge in [0.1, 0.15) is 5.75 Å². The Morgan fingerprint density at radius 1 is 1.14 bits per heavy atom. The van der Waals surface area contributed by atoms with Crippen LogP contribution in [0.4, 0.5) is 0 Å². The molecule has 6 heteroatoms. The first kappa shape index (κ1) is 16.5. The molecule has 0 amide bonds. The van der Waals surface area contributed by atoms with Gasteiger partial charge in [0.05, 0.1) is 12.0 Å². The first-order valence-corrected chi connectivity index (χ1v) is 8.30. The van der Waals surface area contributed by atoms with Gasteiger partial charge in [-0.05, 0) is 54.8 Å². The molecule has 0 saturated carbocycles. The van der Waals surface area contributed by atoms with E-state index in [9.17, 15) is 8.42 Å².